The molecule has 0 saturated carbocycles. The normalized spacial score (nSPS) is 11.9. The van der Waals surface area contributed by atoms with Crippen molar-refractivity contribution in [1.29, 1.82) is 0 Å². The summed E-state index contributed by atoms with van der Waals surface area (Å²) in [4.78, 5) is 18.3. The fourth-order valence-electron chi connectivity index (χ4n) is 1.49. The second-order valence-corrected chi connectivity index (χ2v) is 4.13. The van der Waals surface area contributed by atoms with Crippen LogP contribution in [0.2, 0.25) is 0 Å². The van der Waals surface area contributed by atoms with Crippen LogP contribution in [-0.4, -0.2) is 39.2 Å². The number of nitrogens with zero attached hydrogens (tertiary/aromatic N) is 3. The number of rotatable bonds is 8. The van der Waals surface area contributed by atoms with E-state index in [1.807, 2.05) is 6.92 Å². The van der Waals surface area contributed by atoms with Crippen LogP contribution in [0.1, 0.15) is 26.7 Å². The van der Waals surface area contributed by atoms with E-state index in [-0.39, 0.29) is 17.6 Å². The van der Waals surface area contributed by atoms with E-state index in [1.165, 1.54) is 6.20 Å². The molecule has 0 saturated heterocycles. The van der Waals surface area contributed by atoms with Crippen molar-refractivity contribution >= 4 is 17.5 Å². The number of hydrogen-bond acceptors (Lipinski definition) is 7. The Morgan fingerprint density at radius 3 is 2.84 bits per heavy atom. The molecule has 0 aliphatic rings. The molecule has 0 amide bonds. The maximum atomic E-state index is 10.9. The highest BCUT2D eigenvalue weighted by Crippen LogP contribution is 2.21. The largest absolute Gasteiger partial charge is 0.393 e. The minimum atomic E-state index is -0.521. The molecule has 8 heteroatoms. The van der Waals surface area contributed by atoms with Crippen molar-refractivity contribution < 1.29 is 10.0 Å². The van der Waals surface area contributed by atoms with Gasteiger partial charge >= 0.3 is 5.69 Å². The van der Waals surface area contributed by atoms with E-state index >= 15 is 0 Å². The lowest BCUT2D eigenvalue weighted by Crippen LogP contribution is -2.11. The van der Waals surface area contributed by atoms with Crippen LogP contribution in [0.15, 0.2) is 6.20 Å². The van der Waals surface area contributed by atoms with Crippen molar-refractivity contribution in [3.05, 3.63) is 16.3 Å². The van der Waals surface area contributed by atoms with Gasteiger partial charge in [0, 0.05) is 13.1 Å². The Morgan fingerprint density at radius 1 is 1.53 bits per heavy atom. The summed E-state index contributed by atoms with van der Waals surface area (Å²) >= 11 is 0. The molecule has 3 N–H and O–H groups in total. The van der Waals surface area contributed by atoms with Crippen LogP contribution >= 0.6 is 0 Å². The van der Waals surface area contributed by atoms with Gasteiger partial charge in [0.05, 0.1) is 11.0 Å². The Kier molecular flexibility index (Phi) is 5.94. The molecule has 1 unspecified atom stereocenters. The summed E-state index contributed by atoms with van der Waals surface area (Å²) in [7, 11) is 0. The van der Waals surface area contributed by atoms with Gasteiger partial charge in [0.15, 0.2) is 0 Å². The van der Waals surface area contributed by atoms with Crippen LogP contribution in [0, 0.1) is 10.1 Å². The van der Waals surface area contributed by atoms with Gasteiger partial charge in [0.25, 0.3) is 0 Å². The minimum Gasteiger partial charge on any atom is -0.393 e. The predicted octanol–water partition coefficient (Wildman–Crippen LogP) is 1.39. The van der Waals surface area contributed by atoms with Crippen LogP contribution < -0.4 is 10.6 Å². The van der Waals surface area contributed by atoms with Crippen molar-refractivity contribution in [2.75, 3.05) is 23.7 Å². The maximum absolute atomic E-state index is 10.9. The topological polar surface area (TPSA) is 113 Å². The fraction of sp³-hybridized carbons (Fsp3) is 0.636. The highest BCUT2D eigenvalue weighted by molar-refractivity contribution is 5.56. The molecule has 8 nitrogen and oxygen atoms in total. The lowest BCUT2D eigenvalue weighted by atomic mass is 10.2. The third-order valence-electron chi connectivity index (χ3n) is 2.39. The Hall–Kier alpha value is -1.96. The number of aliphatic hydroxyl groups is 1. The van der Waals surface area contributed by atoms with Gasteiger partial charge in [-0.1, -0.05) is 0 Å². The average molecular weight is 269 g/mol. The standard InChI is InChI=1S/C11H19N5O3/c1-3-12-11-14-7-9(16(18)19)10(15-11)13-6-4-5-8(2)17/h7-8,17H,3-6H2,1-2H3,(H2,12,13,14,15). The second-order valence-electron chi connectivity index (χ2n) is 4.13. The number of aromatic nitrogens is 2. The minimum absolute atomic E-state index is 0.154. The van der Waals surface area contributed by atoms with Gasteiger partial charge in [0.1, 0.15) is 6.20 Å². The van der Waals surface area contributed by atoms with E-state index in [4.69, 9.17) is 5.11 Å². The first-order chi connectivity index (χ1) is 9.04. The monoisotopic (exact) mass is 269 g/mol. The van der Waals surface area contributed by atoms with Crippen LogP contribution in [0.4, 0.5) is 17.5 Å². The molecule has 0 aliphatic heterocycles. The lowest BCUT2D eigenvalue weighted by molar-refractivity contribution is -0.384. The van der Waals surface area contributed by atoms with Crippen LogP contribution in [-0.2, 0) is 0 Å². The summed E-state index contributed by atoms with van der Waals surface area (Å²) in [6.45, 7) is 4.74. The zero-order valence-corrected chi connectivity index (χ0v) is 11.1. The zero-order chi connectivity index (χ0) is 14.3. The number of nitro groups is 1. The molecule has 1 aromatic heterocycles. The van der Waals surface area contributed by atoms with E-state index in [1.54, 1.807) is 6.92 Å². The molecule has 0 aromatic carbocycles. The van der Waals surface area contributed by atoms with Crippen LogP contribution in [0.5, 0.6) is 0 Å². The molecule has 0 spiro atoms. The molecule has 19 heavy (non-hydrogen) atoms. The Bertz CT molecular complexity index is 425. The molecule has 1 rings (SSSR count). The summed E-state index contributed by atoms with van der Waals surface area (Å²) in [6, 6.07) is 0. The van der Waals surface area contributed by atoms with Gasteiger partial charge in [0.2, 0.25) is 11.8 Å². The van der Waals surface area contributed by atoms with E-state index in [0.717, 1.165) is 0 Å². The summed E-state index contributed by atoms with van der Waals surface area (Å²) in [6.07, 6.45) is 2.14. The highest BCUT2D eigenvalue weighted by Gasteiger charge is 2.16. The summed E-state index contributed by atoms with van der Waals surface area (Å²) in [5.74, 6) is 0.549. The number of hydrogen-bond donors (Lipinski definition) is 3. The average Bonchev–Trinajstić information content (AvgIpc) is 2.34. The molecule has 0 bridgehead atoms. The van der Waals surface area contributed by atoms with Gasteiger partial charge in [-0.2, -0.15) is 4.98 Å². The number of anilines is 2. The molecule has 106 valence electrons. The summed E-state index contributed by atoms with van der Waals surface area (Å²) in [5, 5.41) is 25.8. The first-order valence-corrected chi connectivity index (χ1v) is 6.21. The van der Waals surface area contributed by atoms with Gasteiger partial charge < -0.3 is 15.7 Å². The van der Waals surface area contributed by atoms with Crippen molar-refractivity contribution in [3.63, 3.8) is 0 Å². The molecular weight excluding hydrogens is 250 g/mol. The van der Waals surface area contributed by atoms with E-state index < -0.39 is 4.92 Å². The molecule has 1 atom stereocenters. The van der Waals surface area contributed by atoms with Crippen LogP contribution in [0.25, 0.3) is 0 Å². The molecular formula is C11H19N5O3. The highest BCUT2D eigenvalue weighted by atomic mass is 16.6. The fourth-order valence-corrected chi connectivity index (χ4v) is 1.49. The van der Waals surface area contributed by atoms with Gasteiger partial charge in [-0.15, -0.1) is 0 Å². The van der Waals surface area contributed by atoms with Crippen molar-refractivity contribution in [2.24, 2.45) is 0 Å². The van der Waals surface area contributed by atoms with Crippen molar-refractivity contribution in [2.45, 2.75) is 32.8 Å². The summed E-state index contributed by atoms with van der Waals surface area (Å²) < 4.78 is 0. The third-order valence-corrected chi connectivity index (χ3v) is 2.39. The maximum Gasteiger partial charge on any atom is 0.329 e. The molecule has 0 radical (unpaired) electrons. The van der Waals surface area contributed by atoms with Gasteiger partial charge in [-0.05, 0) is 26.7 Å². The second kappa shape index (κ2) is 7.47. The first-order valence-electron chi connectivity index (χ1n) is 6.21. The number of aliphatic hydroxyl groups excluding tert-OH is 1. The lowest BCUT2D eigenvalue weighted by Gasteiger charge is -2.08. The Balaban J connectivity index is 2.71. The predicted molar refractivity (Wildman–Crippen MR) is 72.3 cm³/mol. The van der Waals surface area contributed by atoms with E-state index in [2.05, 4.69) is 20.6 Å². The van der Waals surface area contributed by atoms with Crippen LogP contribution in [0.3, 0.4) is 0 Å². The van der Waals surface area contributed by atoms with Crippen molar-refractivity contribution in [1.82, 2.24) is 9.97 Å². The van der Waals surface area contributed by atoms with E-state index in [9.17, 15) is 10.1 Å². The smallest absolute Gasteiger partial charge is 0.329 e. The number of nitrogens with one attached hydrogen (secondary N) is 2. The first kappa shape index (κ1) is 15.1. The van der Waals surface area contributed by atoms with Gasteiger partial charge in [-0.3, -0.25) is 10.1 Å². The quantitative estimate of drug-likeness (QED) is 0.371. The Morgan fingerprint density at radius 2 is 2.26 bits per heavy atom. The SMILES string of the molecule is CCNc1ncc([N+](=O)[O-])c(NCCCC(C)O)n1. The summed E-state index contributed by atoms with van der Waals surface area (Å²) in [5.41, 5.74) is -0.154. The molecule has 0 fully saturated rings. The van der Waals surface area contributed by atoms with Gasteiger partial charge in [-0.25, -0.2) is 4.98 Å². The van der Waals surface area contributed by atoms with Crippen molar-refractivity contribution in [3.8, 4) is 0 Å². The Labute approximate surface area is 111 Å². The zero-order valence-electron chi connectivity index (χ0n) is 11.1. The molecule has 0 aliphatic carbocycles. The van der Waals surface area contributed by atoms with E-state index in [0.29, 0.717) is 31.9 Å². The third kappa shape index (κ3) is 5.04. The molecule has 1 heterocycles. The molecule has 1 aromatic rings.